The number of likely N-dealkylation sites (N-methyl/N-ethyl adjacent to an activating group) is 1. The van der Waals surface area contributed by atoms with Gasteiger partial charge in [-0.3, -0.25) is 4.57 Å². The van der Waals surface area contributed by atoms with E-state index in [1.165, 1.54) is 51.4 Å². The van der Waals surface area contributed by atoms with Gasteiger partial charge in [-0.2, -0.15) is 0 Å². The standard InChI is InChI=1S/C23H46NO4P/c1-5-6-7-8-9-10-11-12-13-14-15-16-17-18-19-20-22-27-29(25,26)28-23-21-24(2,3)4/h5-11,14-23H2,1-4H3. The Bertz CT molecular complexity index is 479. The van der Waals surface area contributed by atoms with Crippen molar-refractivity contribution in [3.63, 3.8) is 0 Å². The van der Waals surface area contributed by atoms with Gasteiger partial charge in [-0.25, -0.2) is 0 Å². The van der Waals surface area contributed by atoms with Crippen LogP contribution in [-0.4, -0.2) is 45.4 Å². The predicted octanol–water partition coefficient (Wildman–Crippen LogP) is 5.68. The largest absolute Gasteiger partial charge is 0.756 e. The molecule has 0 aliphatic carbocycles. The Balaban J connectivity index is 3.39. The molecule has 0 saturated heterocycles. The third-order valence-electron chi connectivity index (χ3n) is 4.74. The number of phosphoric acid groups is 1. The van der Waals surface area contributed by atoms with Crippen LogP contribution in [0.15, 0.2) is 0 Å². The maximum absolute atomic E-state index is 11.6. The van der Waals surface area contributed by atoms with E-state index in [1.54, 1.807) is 0 Å². The summed E-state index contributed by atoms with van der Waals surface area (Å²) in [6.07, 6.45) is 16.4. The minimum Gasteiger partial charge on any atom is -0.756 e. The molecular weight excluding hydrogens is 385 g/mol. The summed E-state index contributed by atoms with van der Waals surface area (Å²) in [5, 5.41) is 0. The van der Waals surface area contributed by atoms with E-state index in [9.17, 15) is 9.46 Å². The fraction of sp³-hybridized carbons (Fsp3) is 0.913. The molecule has 6 heteroatoms. The zero-order chi connectivity index (χ0) is 21.8. The molecule has 0 aromatic carbocycles. The summed E-state index contributed by atoms with van der Waals surface area (Å²) < 4.78 is 22.1. The Kier molecular flexibility index (Phi) is 18.2. The second-order valence-electron chi connectivity index (χ2n) is 8.87. The molecule has 0 bridgehead atoms. The SMILES string of the molecule is CCCCCCCCC#CCCCCCCCCOP(=O)([O-])OCC[N+](C)(C)C. The summed E-state index contributed by atoms with van der Waals surface area (Å²) in [6.45, 7) is 3.25. The van der Waals surface area contributed by atoms with Gasteiger partial charge in [0.1, 0.15) is 13.2 Å². The third-order valence-corrected chi connectivity index (χ3v) is 5.73. The lowest BCUT2D eigenvalue weighted by atomic mass is 10.1. The number of phosphoric ester groups is 1. The molecule has 0 rings (SSSR count). The van der Waals surface area contributed by atoms with Gasteiger partial charge in [0, 0.05) is 12.8 Å². The quantitative estimate of drug-likeness (QED) is 0.114. The lowest BCUT2D eigenvalue weighted by Gasteiger charge is -2.27. The molecule has 0 saturated carbocycles. The highest BCUT2D eigenvalue weighted by Gasteiger charge is 2.12. The van der Waals surface area contributed by atoms with E-state index in [0.717, 1.165) is 38.5 Å². The number of hydrogen-bond donors (Lipinski definition) is 0. The summed E-state index contributed by atoms with van der Waals surface area (Å²) >= 11 is 0. The van der Waals surface area contributed by atoms with Crippen LogP contribution in [0, 0.1) is 11.8 Å². The molecular formula is C23H46NO4P. The van der Waals surface area contributed by atoms with Crippen molar-refractivity contribution in [1.29, 1.82) is 0 Å². The van der Waals surface area contributed by atoms with Crippen LogP contribution >= 0.6 is 7.82 Å². The van der Waals surface area contributed by atoms with E-state index < -0.39 is 7.82 Å². The number of quaternary nitrogens is 1. The number of rotatable bonds is 19. The summed E-state index contributed by atoms with van der Waals surface area (Å²) in [7, 11) is 1.82. The summed E-state index contributed by atoms with van der Waals surface area (Å²) in [5.74, 6) is 6.59. The van der Waals surface area contributed by atoms with Crippen molar-refractivity contribution in [3.05, 3.63) is 0 Å². The molecule has 0 fully saturated rings. The van der Waals surface area contributed by atoms with Crippen molar-refractivity contribution < 1.29 is 23.0 Å². The van der Waals surface area contributed by atoms with Gasteiger partial charge in [0.25, 0.3) is 7.82 Å². The average Bonchev–Trinajstić information content (AvgIpc) is 2.63. The molecule has 172 valence electrons. The van der Waals surface area contributed by atoms with Gasteiger partial charge in [0.2, 0.25) is 0 Å². The van der Waals surface area contributed by atoms with E-state index in [-0.39, 0.29) is 13.2 Å². The average molecular weight is 432 g/mol. The third kappa shape index (κ3) is 23.8. The molecule has 0 spiro atoms. The topological polar surface area (TPSA) is 58.6 Å². The van der Waals surface area contributed by atoms with Crippen molar-refractivity contribution >= 4 is 7.82 Å². The summed E-state index contributed by atoms with van der Waals surface area (Å²) in [4.78, 5) is 11.6. The monoisotopic (exact) mass is 431 g/mol. The first-order valence-electron chi connectivity index (χ1n) is 11.6. The molecule has 1 unspecified atom stereocenters. The zero-order valence-electron chi connectivity index (χ0n) is 19.5. The fourth-order valence-electron chi connectivity index (χ4n) is 2.83. The Labute approximate surface area is 180 Å². The van der Waals surface area contributed by atoms with Gasteiger partial charge in [-0.1, -0.05) is 64.7 Å². The molecule has 0 heterocycles. The van der Waals surface area contributed by atoms with Crippen LogP contribution in [0.4, 0.5) is 0 Å². The van der Waals surface area contributed by atoms with Crippen LogP contribution in [0.1, 0.15) is 96.8 Å². The molecule has 0 aliphatic heterocycles. The minimum atomic E-state index is -4.14. The highest BCUT2D eigenvalue weighted by Crippen LogP contribution is 2.38. The first-order chi connectivity index (χ1) is 13.8. The number of nitrogens with zero attached hydrogens (tertiary/aromatic N) is 1. The number of hydrogen-bond acceptors (Lipinski definition) is 4. The maximum Gasteiger partial charge on any atom is 0.268 e. The van der Waals surface area contributed by atoms with Gasteiger partial charge >= 0.3 is 0 Å². The van der Waals surface area contributed by atoms with Gasteiger partial charge < -0.3 is 18.4 Å². The predicted molar refractivity (Wildman–Crippen MR) is 120 cm³/mol. The highest BCUT2D eigenvalue weighted by atomic mass is 31.2. The van der Waals surface area contributed by atoms with Crippen LogP contribution in [0.3, 0.4) is 0 Å². The normalized spacial score (nSPS) is 13.7. The van der Waals surface area contributed by atoms with Crippen molar-refractivity contribution in [2.45, 2.75) is 96.8 Å². The first-order valence-corrected chi connectivity index (χ1v) is 13.1. The molecule has 0 aromatic heterocycles. The highest BCUT2D eigenvalue weighted by molar-refractivity contribution is 7.45. The smallest absolute Gasteiger partial charge is 0.268 e. The van der Waals surface area contributed by atoms with Gasteiger partial charge in [0.05, 0.1) is 27.7 Å². The molecule has 5 nitrogen and oxygen atoms in total. The lowest BCUT2D eigenvalue weighted by Crippen LogP contribution is -2.37. The van der Waals surface area contributed by atoms with Crippen LogP contribution in [0.5, 0.6) is 0 Å². The Morgan fingerprint density at radius 3 is 1.69 bits per heavy atom. The molecule has 0 amide bonds. The number of unbranched alkanes of at least 4 members (excludes halogenated alkanes) is 12. The Morgan fingerprint density at radius 1 is 0.724 bits per heavy atom. The summed E-state index contributed by atoms with van der Waals surface area (Å²) in [6, 6.07) is 0. The minimum absolute atomic E-state index is 0.159. The first kappa shape index (κ1) is 28.6. The van der Waals surface area contributed by atoms with Crippen LogP contribution in [0.2, 0.25) is 0 Å². The van der Waals surface area contributed by atoms with Crippen molar-refractivity contribution in [2.24, 2.45) is 0 Å². The fourth-order valence-corrected chi connectivity index (χ4v) is 3.57. The van der Waals surface area contributed by atoms with E-state index in [2.05, 4.69) is 18.8 Å². The van der Waals surface area contributed by atoms with Gasteiger partial charge in [-0.15, -0.1) is 11.8 Å². The molecule has 0 aliphatic rings. The molecule has 1 atom stereocenters. The van der Waals surface area contributed by atoms with Crippen molar-refractivity contribution in [3.8, 4) is 11.8 Å². The van der Waals surface area contributed by atoms with Crippen LogP contribution < -0.4 is 4.89 Å². The van der Waals surface area contributed by atoms with Crippen molar-refractivity contribution in [2.75, 3.05) is 40.9 Å². The Morgan fingerprint density at radius 2 is 1.17 bits per heavy atom. The molecule has 0 radical (unpaired) electrons. The molecule has 0 aromatic rings. The second kappa shape index (κ2) is 18.4. The van der Waals surface area contributed by atoms with E-state index in [4.69, 9.17) is 9.05 Å². The van der Waals surface area contributed by atoms with Crippen LogP contribution in [-0.2, 0) is 13.6 Å². The van der Waals surface area contributed by atoms with E-state index in [1.807, 2.05) is 21.1 Å². The Hall–Kier alpha value is -0.370. The van der Waals surface area contributed by atoms with Crippen molar-refractivity contribution in [1.82, 2.24) is 0 Å². The zero-order valence-corrected chi connectivity index (χ0v) is 20.4. The van der Waals surface area contributed by atoms with Gasteiger partial charge in [-0.05, 0) is 19.3 Å². The lowest BCUT2D eigenvalue weighted by molar-refractivity contribution is -0.870. The summed E-state index contributed by atoms with van der Waals surface area (Å²) in [5.41, 5.74) is 0. The molecule has 29 heavy (non-hydrogen) atoms. The van der Waals surface area contributed by atoms with E-state index in [0.29, 0.717) is 11.0 Å². The van der Waals surface area contributed by atoms with Gasteiger partial charge in [0.15, 0.2) is 0 Å². The second-order valence-corrected chi connectivity index (χ2v) is 10.3. The molecule has 0 N–H and O–H groups in total. The van der Waals surface area contributed by atoms with Crippen LogP contribution in [0.25, 0.3) is 0 Å². The maximum atomic E-state index is 11.6. The van der Waals surface area contributed by atoms with E-state index >= 15 is 0 Å².